The lowest BCUT2D eigenvalue weighted by Gasteiger charge is -2.22. The zero-order valence-electron chi connectivity index (χ0n) is 11.6. The predicted octanol–water partition coefficient (Wildman–Crippen LogP) is 3.91. The first-order chi connectivity index (χ1) is 9.13. The molecule has 4 atom stereocenters. The fourth-order valence-electron chi connectivity index (χ4n) is 3.06. The zero-order valence-corrected chi connectivity index (χ0v) is 12.4. The SMILES string of the molecule is CCC1CCC(NC(=O)C(Cl)c2ccccc2)C1C. The van der Waals surface area contributed by atoms with Crippen LogP contribution in [-0.2, 0) is 4.79 Å². The van der Waals surface area contributed by atoms with Crippen molar-refractivity contribution in [3.63, 3.8) is 0 Å². The molecule has 3 heteroatoms. The van der Waals surface area contributed by atoms with Crippen molar-refractivity contribution in [3.05, 3.63) is 35.9 Å². The number of carbonyl (C=O) groups is 1. The Hall–Kier alpha value is -1.02. The van der Waals surface area contributed by atoms with Gasteiger partial charge in [-0.05, 0) is 30.2 Å². The average molecular weight is 280 g/mol. The van der Waals surface area contributed by atoms with E-state index >= 15 is 0 Å². The Morgan fingerprint density at radius 1 is 1.37 bits per heavy atom. The summed E-state index contributed by atoms with van der Waals surface area (Å²) in [6.45, 7) is 4.46. The van der Waals surface area contributed by atoms with Crippen molar-refractivity contribution in [2.75, 3.05) is 0 Å². The number of hydrogen-bond acceptors (Lipinski definition) is 1. The lowest BCUT2D eigenvalue weighted by atomic mass is 9.93. The Labute approximate surface area is 120 Å². The van der Waals surface area contributed by atoms with Gasteiger partial charge in [0.1, 0.15) is 5.38 Å². The minimum Gasteiger partial charge on any atom is -0.352 e. The third-order valence-corrected chi connectivity index (χ3v) is 4.85. The number of halogens is 1. The molecule has 1 fully saturated rings. The molecule has 4 unspecified atom stereocenters. The van der Waals surface area contributed by atoms with Gasteiger partial charge < -0.3 is 5.32 Å². The van der Waals surface area contributed by atoms with Crippen molar-refractivity contribution in [1.29, 1.82) is 0 Å². The minimum absolute atomic E-state index is 0.0681. The molecule has 1 aliphatic carbocycles. The molecule has 1 aromatic carbocycles. The number of alkyl halides is 1. The van der Waals surface area contributed by atoms with Gasteiger partial charge in [-0.1, -0.05) is 50.6 Å². The van der Waals surface area contributed by atoms with Gasteiger partial charge in [-0.25, -0.2) is 0 Å². The van der Waals surface area contributed by atoms with E-state index in [1.165, 1.54) is 12.8 Å². The highest BCUT2D eigenvalue weighted by Gasteiger charge is 2.33. The molecule has 1 amide bonds. The number of amides is 1. The summed E-state index contributed by atoms with van der Waals surface area (Å²) in [6.07, 6.45) is 3.47. The van der Waals surface area contributed by atoms with Crippen LogP contribution in [0.1, 0.15) is 44.1 Å². The fourth-order valence-corrected chi connectivity index (χ4v) is 3.27. The second-order valence-corrected chi connectivity index (χ2v) is 5.93. The van der Waals surface area contributed by atoms with Gasteiger partial charge in [-0.15, -0.1) is 11.6 Å². The standard InChI is InChI=1S/C16H22ClNO/c1-3-12-9-10-14(11(12)2)18-16(19)15(17)13-7-5-4-6-8-13/h4-8,11-12,14-15H,3,9-10H2,1-2H3,(H,18,19). The van der Waals surface area contributed by atoms with Crippen molar-refractivity contribution in [2.24, 2.45) is 11.8 Å². The van der Waals surface area contributed by atoms with Crippen molar-refractivity contribution in [2.45, 2.75) is 44.5 Å². The second kappa shape index (κ2) is 6.42. The van der Waals surface area contributed by atoms with Crippen LogP contribution in [0.15, 0.2) is 30.3 Å². The molecule has 1 saturated carbocycles. The molecule has 1 N–H and O–H groups in total. The smallest absolute Gasteiger partial charge is 0.242 e. The molecule has 2 rings (SSSR count). The number of benzene rings is 1. The molecule has 0 aliphatic heterocycles. The summed E-state index contributed by atoms with van der Waals surface area (Å²) in [4.78, 5) is 12.2. The van der Waals surface area contributed by atoms with E-state index in [1.54, 1.807) is 0 Å². The van der Waals surface area contributed by atoms with E-state index in [9.17, 15) is 4.79 Å². The maximum atomic E-state index is 12.2. The molecule has 1 aliphatic rings. The van der Waals surface area contributed by atoms with Gasteiger partial charge in [0.2, 0.25) is 5.91 Å². The Bertz CT molecular complexity index is 420. The van der Waals surface area contributed by atoms with Crippen molar-refractivity contribution >= 4 is 17.5 Å². The lowest BCUT2D eigenvalue weighted by Crippen LogP contribution is -2.39. The normalized spacial score (nSPS) is 28.1. The summed E-state index contributed by atoms with van der Waals surface area (Å²) in [5.74, 6) is 1.21. The molecule has 0 aromatic heterocycles. The maximum Gasteiger partial charge on any atom is 0.242 e. The van der Waals surface area contributed by atoms with Crippen LogP contribution in [0.2, 0.25) is 0 Å². The lowest BCUT2D eigenvalue weighted by molar-refractivity contribution is -0.121. The van der Waals surface area contributed by atoms with Crippen molar-refractivity contribution < 1.29 is 4.79 Å². The topological polar surface area (TPSA) is 29.1 Å². The first-order valence-corrected chi connectivity index (χ1v) is 7.56. The predicted molar refractivity (Wildman–Crippen MR) is 79.1 cm³/mol. The largest absolute Gasteiger partial charge is 0.352 e. The van der Waals surface area contributed by atoms with Crippen molar-refractivity contribution in [3.8, 4) is 0 Å². The molecule has 0 heterocycles. The first kappa shape index (κ1) is 14.4. The number of rotatable bonds is 4. The first-order valence-electron chi connectivity index (χ1n) is 7.12. The van der Waals surface area contributed by atoms with E-state index in [0.29, 0.717) is 5.92 Å². The number of hydrogen-bond donors (Lipinski definition) is 1. The second-order valence-electron chi connectivity index (χ2n) is 5.49. The highest BCUT2D eigenvalue weighted by atomic mass is 35.5. The molecular weight excluding hydrogens is 258 g/mol. The average Bonchev–Trinajstić information content (AvgIpc) is 2.79. The Morgan fingerprint density at radius 2 is 2.05 bits per heavy atom. The quantitative estimate of drug-likeness (QED) is 0.832. The molecule has 0 spiro atoms. The van der Waals surface area contributed by atoms with Gasteiger partial charge in [0.25, 0.3) is 0 Å². The molecule has 104 valence electrons. The molecule has 2 nitrogen and oxygen atoms in total. The summed E-state index contributed by atoms with van der Waals surface area (Å²) in [5.41, 5.74) is 0.861. The molecule has 0 saturated heterocycles. The highest BCUT2D eigenvalue weighted by molar-refractivity contribution is 6.30. The summed E-state index contributed by atoms with van der Waals surface area (Å²) >= 11 is 6.24. The summed E-state index contributed by atoms with van der Waals surface area (Å²) < 4.78 is 0. The van der Waals surface area contributed by atoms with Crippen LogP contribution >= 0.6 is 11.6 Å². The van der Waals surface area contributed by atoms with Gasteiger partial charge in [-0.2, -0.15) is 0 Å². The van der Waals surface area contributed by atoms with Crippen LogP contribution in [0.25, 0.3) is 0 Å². The maximum absolute atomic E-state index is 12.2. The molecule has 0 bridgehead atoms. The molecular formula is C16H22ClNO. The van der Waals surface area contributed by atoms with Crippen LogP contribution < -0.4 is 5.32 Å². The monoisotopic (exact) mass is 279 g/mol. The molecule has 0 radical (unpaired) electrons. The van der Waals surface area contributed by atoms with Gasteiger partial charge in [0.15, 0.2) is 0 Å². The number of carbonyl (C=O) groups excluding carboxylic acids is 1. The van der Waals surface area contributed by atoms with Crippen LogP contribution in [-0.4, -0.2) is 11.9 Å². The third kappa shape index (κ3) is 3.30. The number of nitrogens with one attached hydrogen (secondary N) is 1. The Morgan fingerprint density at radius 3 is 2.63 bits per heavy atom. The molecule has 1 aromatic rings. The summed E-state index contributed by atoms with van der Waals surface area (Å²) in [6, 6.07) is 9.80. The van der Waals surface area contributed by atoms with Crippen LogP contribution in [0.4, 0.5) is 0 Å². The van der Waals surface area contributed by atoms with E-state index < -0.39 is 5.38 Å². The highest BCUT2D eigenvalue weighted by Crippen LogP contribution is 2.34. The van der Waals surface area contributed by atoms with Crippen molar-refractivity contribution in [1.82, 2.24) is 5.32 Å². The molecule has 19 heavy (non-hydrogen) atoms. The van der Waals surface area contributed by atoms with Crippen LogP contribution in [0.3, 0.4) is 0 Å². The fraction of sp³-hybridized carbons (Fsp3) is 0.562. The van der Waals surface area contributed by atoms with Crippen LogP contribution in [0, 0.1) is 11.8 Å². The minimum atomic E-state index is -0.589. The van der Waals surface area contributed by atoms with Gasteiger partial charge in [0.05, 0.1) is 0 Å². The third-order valence-electron chi connectivity index (χ3n) is 4.40. The van der Waals surface area contributed by atoms with E-state index in [1.807, 2.05) is 30.3 Å². The zero-order chi connectivity index (χ0) is 13.8. The summed E-state index contributed by atoms with van der Waals surface area (Å²) in [5, 5.41) is 2.53. The van der Waals surface area contributed by atoms with Gasteiger partial charge in [0, 0.05) is 6.04 Å². The van der Waals surface area contributed by atoms with E-state index in [-0.39, 0.29) is 11.9 Å². The Kier molecular flexibility index (Phi) is 4.87. The summed E-state index contributed by atoms with van der Waals surface area (Å²) in [7, 11) is 0. The van der Waals surface area contributed by atoms with Gasteiger partial charge >= 0.3 is 0 Å². The van der Waals surface area contributed by atoms with Crippen LogP contribution in [0.5, 0.6) is 0 Å². The van der Waals surface area contributed by atoms with E-state index in [2.05, 4.69) is 19.2 Å². The van der Waals surface area contributed by atoms with Gasteiger partial charge in [-0.3, -0.25) is 4.79 Å². The van der Waals surface area contributed by atoms with E-state index in [0.717, 1.165) is 17.9 Å². The van der Waals surface area contributed by atoms with E-state index in [4.69, 9.17) is 11.6 Å². The Balaban J connectivity index is 1.95.